The van der Waals surface area contributed by atoms with Crippen LogP contribution in [0.5, 0.6) is 0 Å². The van der Waals surface area contributed by atoms with Crippen LogP contribution in [0.25, 0.3) is 17.2 Å². The van der Waals surface area contributed by atoms with Crippen molar-refractivity contribution in [2.45, 2.75) is 50.5 Å². The molecule has 0 atom stereocenters. The third kappa shape index (κ3) is 2.96. The van der Waals surface area contributed by atoms with Gasteiger partial charge in [-0.1, -0.05) is 36.4 Å². The number of nitrogens with one attached hydrogen (secondary N) is 1. The average molecular weight is 415 g/mol. The predicted octanol–water partition coefficient (Wildman–Crippen LogP) is 4.70. The number of aryl methyl sites for hydroxylation is 1. The summed E-state index contributed by atoms with van der Waals surface area (Å²) in [6, 6.07) is 8.60. The first kappa shape index (κ1) is 18.6. The fourth-order valence-electron chi connectivity index (χ4n) is 5.04. The highest BCUT2D eigenvalue weighted by Crippen LogP contribution is 2.44. The van der Waals surface area contributed by atoms with Gasteiger partial charge >= 0.3 is 0 Å². The van der Waals surface area contributed by atoms with E-state index in [0.717, 1.165) is 38.8 Å². The Kier molecular flexibility index (Phi) is 3.86. The number of furan rings is 1. The van der Waals surface area contributed by atoms with Crippen LogP contribution >= 0.6 is 0 Å². The van der Waals surface area contributed by atoms with Crippen LogP contribution in [0, 0.1) is 6.92 Å². The van der Waals surface area contributed by atoms with Crippen LogP contribution < -0.4 is 5.32 Å². The first-order chi connectivity index (χ1) is 15.0. The van der Waals surface area contributed by atoms with Crippen molar-refractivity contribution in [3.05, 3.63) is 59.1 Å². The van der Waals surface area contributed by atoms with Gasteiger partial charge in [0.2, 0.25) is 5.71 Å². The Morgan fingerprint density at radius 1 is 1.13 bits per heavy atom. The predicted molar refractivity (Wildman–Crippen MR) is 120 cm³/mol. The monoisotopic (exact) mass is 414 g/mol. The van der Waals surface area contributed by atoms with Gasteiger partial charge in [-0.2, -0.15) is 4.98 Å². The molecule has 2 fully saturated rings. The zero-order valence-electron chi connectivity index (χ0n) is 17.9. The highest BCUT2D eigenvalue weighted by molar-refractivity contribution is 6.09. The maximum absolute atomic E-state index is 13.5. The van der Waals surface area contributed by atoms with Crippen molar-refractivity contribution < 1.29 is 9.21 Å². The van der Waals surface area contributed by atoms with Crippen LogP contribution in [0.4, 0.5) is 5.82 Å². The molecule has 0 unspecified atom stereocenters. The molecule has 0 radical (unpaired) electrons. The highest BCUT2D eigenvalue weighted by Gasteiger charge is 2.41. The molecular weight excluding hydrogens is 388 g/mol. The maximum atomic E-state index is 13.5. The van der Waals surface area contributed by atoms with E-state index in [0.29, 0.717) is 28.3 Å². The molecule has 6 rings (SSSR count). The van der Waals surface area contributed by atoms with Crippen molar-refractivity contribution >= 4 is 28.9 Å². The number of likely N-dealkylation sites (tertiary alicyclic amines) is 1. The summed E-state index contributed by atoms with van der Waals surface area (Å²) in [5, 5.41) is 4.22. The van der Waals surface area contributed by atoms with Gasteiger partial charge < -0.3 is 14.6 Å². The smallest absolute Gasteiger partial charge is 0.257 e. The number of amides is 1. The van der Waals surface area contributed by atoms with Crippen molar-refractivity contribution in [2.75, 3.05) is 18.4 Å². The van der Waals surface area contributed by atoms with E-state index in [4.69, 9.17) is 4.42 Å². The molecule has 158 valence electrons. The molecule has 1 aromatic carbocycles. The number of nitrogens with zero attached hydrogens (tertiary/aromatic N) is 3. The van der Waals surface area contributed by atoms with E-state index < -0.39 is 0 Å². The van der Waals surface area contributed by atoms with Crippen molar-refractivity contribution in [1.82, 2.24) is 14.9 Å². The summed E-state index contributed by atoms with van der Waals surface area (Å²) in [7, 11) is 0. The second-order valence-corrected chi connectivity index (χ2v) is 9.50. The van der Waals surface area contributed by atoms with E-state index >= 15 is 0 Å². The number of carbonyl (C=O) groups is 1. The van der Waals surface area contributed by atoms with Crippen molar-refractivity contribution in [2.24, 2.45) is 0 Å². The Morgan fingerprint density at radius 3 is 2.68 bits per heavy atom. The third-order valence-corrected chi connectivity index (χ3v) is 7.22. The van der Waals surface area contributed by atoms with Crippen LogP contribution in [0.15, 0.2) is 41.0 Å². The molecule has 1 N–H and O–H groups in total. The Morgan fingerprint density at radius 2 is 1.90 bits per heavy atom. The number of carbonyl (C=O) groups excluding carboxylic acids is 1. The molecule has 1 amide bonds. The Labute approximate surface area is 181 Å². The van der Waals surface area contributed by atoms with E-state index in [9.17, 15) is 4.79 Å². The summed E-state index contributed by atoms with van der Waals surface area (Å²) in [5.41, 5.74) is 3.83. The number of anilines is 1. The van der Waals surface area contributed by atoms with Gasteiger partial charge in [-0.3, -0.25) is 4.79 Å². The quantitative estimate of drug-likeness (QED) is 0.673. The molecule has 0 bridgehead atoms. The van der Waals surface area contributed by atoms with Gasteiger partial charge in [0.05, 0.1) is 10.9 Å². The fraction of sp³-hybridized carbons (Fsp3) is 0.400. The molecule has 6 heteroatoms. The molecule has 1 saturated carbocycles. The molecule has 3 aromatic rings. The van der Waals surface area contributed by atoms with Gasteiger partial charge in [0.15, 0.2) is 0 Å². The van der Waals surface area contributed by atoms with Gasteiger partial charge in [0.25, 0.3) is 5.91 Å². The lowest BCUT2D eigenvalue weighted by Gasteiger charge is -2.39. The second-order valence-electron chi connectivity index (χ2n) is 9.50. The summed E-state index contributed by atoms with van der Waals surface area (Å²) in [5.74, 6) is 1.35. The molecule has 2 aromatic heterocycles. The summed E-state index contributed by atoms with van der Waals surface area (Å²) < 4.78 is 5.71. The van der Waals surface area contributed by atoms with Gasteiger partial charge in [-0.05, 0) is 50.7 Å². The Bertz CT molecular complexity index is 1230. The number of aromatic nitrogens is 2. The van der Waals surface area contributed by atoms with E-state index in [1.165, 1.54) is 11.1 Å². The van der Waals surface area contributed by atoms with Gasteiger partial charge in [-0.15, -0.1) is 0 Å². The molecular formula is C25H26N4O2. The van der Waals surface area contributed by atoms with Gasteiger partial charge in [0.1, 0.15) is 17.9 Å². The van der Waals surface area contributed by atoms with Crippen molar-refractivity contribution in [3.8, 4) is 0 Å². The lowest BCUT2D eigenvalue weighted by molar-refractivity contribution is 0.0691. The number of allylic oxidation sites excluding steroid dienone is 1. The Hall–Kier alpha value is -3.15. The van der Waals surface area contributed by atoms with E-state index in [2.05, 4.69) is 58.6 Å². The second kappa shape index (κ2) is 6.42. The van der Waals surface area contributed by atoms with Crippen LogP contribution in [0.3, 0.4) is 0 Å². The number of hydrogen-bond acceptors (Lipinski definition) is 5. The number of rotatable bonds is 3. The summed E-state index contributed by atoms with van der Waals surface area (Å²) >= 11 is 0. The van der Waals surface area contributed by atoms with Crippen LogP contribution in [-0.4, -0.2) is 39.4 Å². The first-order valence-electron chi connectivity index (χ1n) is 11.1. The molecule has 31 heavy (non-hydrogen) atoms. The van der Waals surface area contributed by atoms with E-state index in [-0.39, 0.29) is 16.9 Å². The SMILES string of the molecule is Cc1nc(NC2(C)CC2)c2c(C(=O)N3CCC4(C=Cc5ccccc54)CC3)coc2n1. The van der Waals surface area contributed by atoms with E-state index in [1.807, 2.05) is 11.8 Å². The largest absolute Gasteiger partial charge is 0.445 e. The molecule has 1 spiro atoms. The number of piperidine rings is 1. The molecule has 1 saturated heterocycles. The van der Waals surface area contributed by atoms with Crippen LogP contribution in [0.1, 0.15) is 59.9 Å². The topological polar surface area (TPSA) is 71.3 Å². The van der Waals surface area contributed by atoms with Gasteiger partial charge in [-0.25, -0.2) is 4.98 Å². The summed E-state index contributed by atoms with van der Waals surface area (Å²) in [4.78, 5) is 24.5. The van der Waals surface area contributed by atoms with Crippen molar-refractivity contribution in [3.63, 3.8) is 0 Å². The maximum Gasteiger partial charge on any atom is 0.257 e. The summed E-state index contributed by atoms with van der Waals surface area (Å²) in [6.45, 7) is 5.46. The third-order valence-electron chi connectivity index (χ3n) is 7.22. The van der Waals surface area contributed by atoms with Crippen molar-refractivity contribution in [1.29, 1.82) is 0 Å². The molecule has 1 aliphatic heterocycles. The lowest BCUT2D eigenvalue weighted by atomic mass is 9.74. The van der Waals surface area contributed by atoms with Crippen LogP contribution in [0.2, 0.25) is 0 Å². The molecule has 2 aliphatic carbocycles. The number of fused-ring (bicyclic) bond motifs is 3. The number of benzene rings is 1. The zero-order chi connectivity index (χ0) is 21.2. The van der Waals surface area contributed by atoms with E-state index in [1.54, 1.807) is 6.26 Å². The molecule has 3 heterocycles. The number of hydrogen-bond donors (Lipinski definition) is 1. The van der Waals surface area contributed by atoms with Gasteiger partial charge in [0, 0.05) is 24.0 Å². The normalized spacial score (nSPS) is 20.3. The lowest BCUT2D eigenvalue weighted by Crippen LogP contribution is -2.44. The average Bonchev–Trinajstić information content (AvgIpc) is 3.19. The first-order valence-corrected chi connectivity index (χ1v) is 11.1. The minimum absolute atomic E-state index is 0.000291. The standard InChI is InChI=1S/C25H26N4O2/c1-16-26-21(28-24(2)9-10-24)20-18(15-31-22(20)27-16)23(30)29-13-11-25(12-14-29)8-7-17-5-3-4-6-19(17)25/h3-8,15H,9-14H2,1-2H3,(H,26,27,28). The molecule has 3 aliphatic rings. The molecule has 6 nitrogen and oxygen atoms in total. The van der Waals surface area contributed by atoms with Crippen LogP contribution in [-0.2, 0) is 5.41 Å². The summed E-state index contributed by atoms with van der Waals surface area (Å²) in [6.07, 6.45) is 10.2. The Balaban J connectivity index is 1.28. The zero-order valence-corrected chi connectivity index (χ0v) is 17.9. The minimum Gasteiger partial charge on any atom is -0.445 e. The highest BCUT2D eigenvalue weighted by atomic mass is 16.3. The minimum atomic E-state index is 0.000291. The fourth-order valence-corrected chi connectivity index (χ4v) is 5.04.